The molecule has 154 valence electrons. The molecule has 0 bridgehead atoms. The normalized spacial score (nSPS) is 13.7. The fraction of sp³-hybridized carbons (Fsp3) is 0.407. The predicted octanol–water partition coefficient (Wildman–Crippen LogP) is 6.63. The van der Waals surface area contributed by atoms with Gasteiger partial charge in [0, 0.05) is 11.1 Å². The van der Waals surface area contributed by atoms with Crippen LogP contribution < -0.4 is 4.74 Å². The van der Waals surface area contributed by atoms with Gasteiger partial charge in [0.15, 0.2) is 0 Å². The lowest BCUT2D eigenvalue weighted by molar-refractivity contribution is 0.0919. The Morgan fingerprint density at radius 3 is 2.14 bits per heavy atom. The number of unbranched alkanes of at least 4 members (excludes halogenated alkanes) is 2. The van der Waals surface area contributed by atoms with E-state index in [9.17, 15) is 5.11 Å². The van der Waals surface area contributed by atoms with Crippen LogP contribution in [-0.2, 0) is 5.60 Å². The summed E-state index contributed by atoms with van der Waals surface area (Å²) in [5.41, 5.74) is 2.99. The average Bonchev–Trinajstić information content (AvgIpc) is 2.76. The molecule has 1 unspecified atom stereocenters. The Hall–Kier alpha value is -2.50. The van der Waals surface area contributed by atoms with E-state index in [0.29, 0.717) is 0 Å². The summed E-state index contributed by atoms with van der Waals surface area (Å²) in [6, 6.07) is 17.8. The summed E-state index contributed by atoms with van der Waals surface area (Å²) in [5, 5.41) is 11.6. The molecule has 0 radical (unpaired) electrons. The summed E-state index contributed by atoms with van der Waals surface area (Å²) in [4.78, 5) is 0. The molecule has 0 spiro atoms. The third kappa shape index (κ3) is 6.51. The highest BCUT2D eigenvalue weighted by molar-refractivity contribution is 5.47. The third-order valence-corrected chi connectivity index (χ3v) is 5.30. The maximum Gasteiger partial charge on any atom is 0.118 e. The molecule has 2 rings (SSSR count). The number of allylic oxidation sites excluding steroid dienone is 1. The van der Waals surface area contributed by atoms with Gasteiger partial charge >= 0.3 is 0 Å². The zero-order chi connectivity index (χ0) is 21.1. The molecule has 2 aromatic carbocycles. The number of aliphatic hydroxyl groups is 1. The van der Waals surface area contributed by atoms with Gasteiger partial charge in [0.25, 0.3) is 0 Å². The van der Waals surface area contributed by atoms with Crippen molar-refractivity contribution in [2.75, 3.05) is 7.11 Å². The number of hydrogen-bond donors (Lipinski definition) is 1. The first-order valence-electron chi connectivity index (χ1n) is 10.7. The van der Waals surface area contributed by atoms with Gasteiger partial charge in [-0.05, 0) is 68.0 Å². The van der Waals surface area contributed by atoms with Crippen LogP contribution in [0, 0.1) is 11.8 Å². The van der Waals surface area contributed by atoms with E-state index in [1.807, 2.05) is 61.5 Å². The largest absolute Gasteiger partial charge is 0.497 e. The van der Waals surface area contributed by atoms with Crippen molar-refractivity contribution in [3.63, 3.8) is 0 Å². The fourth-order valence-corrected chi connectivity index (χ4v) is 3.44. The molecule has 0 aromatic heterocycles. The van der Waals surface area contributed by atoms with Gasteiger partial charge in [-0.25, -0.2) is 0 Å². The Kier molecular flexibility index (Phi) is 9.03. The van der Waals surface area contributed by atoms with E-state index < -0.39 is 5.60 Å². The summed E-state index contributed by atoms with van der Waals surface area (Å²) >= 11 is 0. The first-order chi connectivity index (χ1) is 14.0. The number of hydrogen-bond acceptors (Lipinski definition) is 2. The van der Waals surface area contributed by atoms with Crippen LogP contribution in [0.5, 0.6) is 5.75 Å². The van der Waals surface area contributed by atoms with Crippen LogP contribution in [0.25, 0.3) is 0 Å². The Bertz CT molecular complexity index is 834. The van der Waals surface area contributed by atoms with Gasteiger partial charge in [0.05, 0.1) is 7.11 Å². The molecule has 2 heteroatoms. The minimum absolute atomic E-state index is 0.827. The molecule has 2 nitrogen and oxygen atoms in total. The van der Waals surface area contributed by atoms with Gasteiger partial charge < -0.3 is 9.84 Å². The quantitative estimate of drug-likeness (QED) is 0.487. The molecule has 1 N–H and O–H groups in total. The van der Waals surface area contributed by atoms with Crippen LogP contribution in [0.1, 0.15) is 70.4 Å². The van der Waals surface area contributed by atoms with Crippen molar-refractivity contribution in [1.29, 1.82) is 0 Å². The maximum absolute atomic E-state index is 11.6. The van der Waals surface area contributed by atoms with Gasteiger partial charge in [0.2, 0.25) is 0 Å². The van der Waals surface area contributed by atoms with Crippen molar-refractivity contribution in [3.05, 3.63) is 76.9 Å². The second-order valence-corrected chi connectivity index (χ2v) is 7.58. The number of rotatable bonds is 9. The first kappa shape index (κ1) is 22.8. The molecular weight excluding hydrogens is 356 g/mol. The summed E-state index contributed by atoms with van der Waals surface area (Å²) in [7, 11) is 1.66. The van der Waals surface area contributed by atoms with Gasteiger partial charge in [0.1, 0.15) is 11.4 Å². The lowest BCUT2D eigenvalue weighted by atomic mass is 9.81. The maximum atomic E-state index is 11.6. The molecule has 0 saturated heterocycles. The van der Waals surface area contributed by atoms with Crippen molar-refractivity contribution in [1.82, 2.24) is 0 Å². The first-order valence-corrected chi connectivity index (χ1v) is 10.7. The van der Waals surface area contributed by atoms with E-state index in [-0.39, 0.29) is 0 Å². The van der Waals surface area contributed by atoms with Crippen LogP contribution in [0.15, 0.2) is 65.7 Å². The van der Waals surface area contributed by atoms with Crippen LogP contribution in [0.3, 0.4) is 0 Å². The zero-order valence-corrected chi connectivity index (χ0v) is 18.3. The Morgan fingerprint density at radius 1 is 0.931 bits per heavy atom. The van der Waals surface area contributed by atoms with E-state index in [4.69, 9.17) is 4.74 Å². The van der Waals surface area contributed by atoms with Crippen LogP contribution >= 0.6 is 0 Å². The van der Waals surface area contributed by atoms with E-state index >= 15 is 0 Å². The number of ether oxygens (including phenoxy) is 1. The minimum atomic E-state index is -1.02. The van der Waals surface area contributed by atoms with E-state index in [2.05, 4.69) is 25.7 Å². The fourth-order valence-electron chi connectivity index (χ4n) is 3.44. The lowest BCUT2D eigenvalue weighted by Gasteiger charge is -2.29. The van der Waals surface area contributed by atoms with Gasteiger partial charge in [-0.3, -0.25) is 0 Å². The lowest BCUT2D eigenvalue weighted by Crippen LogP contribution is -2.25. The van der Waals surface area contributed by atoms with E-state index in [0.717, 1.165) is 66.5 Å². The Labute approximate surface area is 176 Å². The van der Waals surface area contributed by atoms with Crippen molar-refractivity contribution < 1.29 is 9.84 Å². The summed E-state index contributed by atoms with van der Waals surface area (Å²) in [6.45, 7) is 6.29. The zero-order valence-electron chi connectivity index (χ0n) is 18.3. The molecule has 0 fully saturated rings. The molecule has 0 aliphatic heterocycles. The molecule has 0 saturated carbocycles. The molecule has 0 aliphatic rings. The van der Waals surface area contributed by atoms with Crippen LogP contribution in [0.2, 0.25) is 0 Å². The van der Waals surface area contributed by atoms with Crippen molar-refractivity contribution >= 4 is 0 Å². The standard InChI is InChI=1S/C27H34O2/c1-5-7-12-23(19-16-22-17-20-25(29-4)21-18-22)26(15-8-6-2)27(3,28)24-13-10-9-11-14-24/h9-11,13-14,17-18,20-21,28H,5-8,12,15H2,1-4H3/b26-23-. The summed E-state index contributed by atoms with van der Waals surface area (Å²) in [6.07, 6.45) is 6.03. The highest BCUT2D eigenvalue weighted by atomic mass is 16.5. The topological polar surface area (TPSA) is 29.5 Å². The highest BCUT2D eigenvalue weighted by Crippen LogP contribution is 2.35. The smallest absolute Gasteiger partial charge is 0.118 e. The number of benzene rings is 2. The molecular formula is C27H34O2. The molecule has 0 aliphatic carbocycles. The SMILES string of the molecule is CCCC/C(C#Cc1ccc(OC)cc1)=C(\CCCC)C(C)(O)c1ccccc1. The van der Waals surface area contributed by atoms with Crippen molar-refractivity contribution in [3.8, 4) is 17.6 Å². The van der Waals surface area contributed by atoms with Crippen LogP contribution in [-0.4, -0.2) is 12.2 Å². The van der Waals surface area contributed by atoms with E-state index in [1.165, 1.54) is 0 Å². The Balaban J connectivity index is 2.51. The van der Waals surface area contributed by atoms with Gasteiger partial charge in [-0.2, -0.15) is 0 Å². The molecule has 29 heavy (non-hydrogen) atoms. The van der Waals surface area contributed by atoms with Gasteiger partial charge in [-0.15, -0.1) is 0 Å². The summed E-state index contributed by atoms with van der Waals surface area (Å²) < 4.78 is 5.23. The molecule has 0 amide bonds. The molecule has 2 aromatic rings. The van der Waals surface area contributed by atoms with E-state index in [1.54, 1.807) is 7.11 Å². The van der Waals surface area contributed by atoms with Gasteiger partial charge in [-0.1, -0.05) is 68.9 Å². The van der Waals surface area contributed by atoms with Crippen molar-refractivity contribution in [2.24, 2.45) is 0 Å². The second-order valence-electron chi connectivity index (χ2n) is 7.58. The average molecular weight is 391 g/mol. The van der Waals surface area contributed by atoms with Crippen LogP contribution in [0.4, 0.5) is 0 Å². The third-order valence-electron chi connectivity index (χ3n) is 5.30. The minimum Gasteiger partial charge on any atom is -0.497 e. The highest BCUT2D eigenvalue weighted by Gasteiger charge is 2.29. The summed E-state index contributed by atoms with van der Waals surface area (Å²) in [5.74, 6) is 7.56. The second kappa shape index (κ2) is 11.5. The molecule has 1 atom stereocenters. The monoisotopic (exact) mass is 390 g/mol. The Morgan fingerprint density at radius 2 is 1.55 bits per heavy atom. The number of methoxy groups -OCH3 is 1. The predicted molar refractivity (Wildman–Crippen MR) is 122 cm³/mol. The van der Waals surface area contributed by atoms with Crippen molar-refractivity contribution in [2.45, 2.75) is 64.9 Å². The molecule has 0 heterocycles.